The minimum atomic E-state index is -1.20. The molecule has 9 nitrogen and oxygen atoms in total. The highest BCUT2D eigenvalue weighted by Gasteiger charge is 2.65. The van der Waals surface area contributed by atoms with E-state index in [4.69, 9.17) is 28.8 Å². The molecule has 9 heteroatoms. The van der Waals surface area contributed by atoms with Crippen LogP contribution in [-0.4, -0.2) is 65.8 Å². The fraction of sp³-hybridized carbons (Fsp3) is 0.875. The van der Waals surface area contributed by atoms with E-state index in [1.165, 1.54) is 0 Å². The van der Waals surface area contributed by atoms with Crippen molar-refractivity contribution in [1.82, 2.24) is 5.32 Å². The Morgan fingerprint density at radius 1 is 1.08 bits per heavy atom. The lowest BCUT2D eigenvalue weighted by Gasteiger charge is -2.40. The van der Waals surface area contributed by atoms with Crippen molar-refractivity contribution in [3.8, 4) is 0 Å². The number of carbonyl (C=O) groups excluding carboxylic acids is 1. The van der Waals surface area contributed by atoms with Crippen LogP contribution in [-0.2, 0) is 33.3 Å². The summed E-state index contributed by atoms with van der Waals surface area (Å²) < 4.78 is 29.7. The Morgan fingerprint density at radius 3 is 2.48 bits per heavy atom. The predicted octanol–water partition coefficient (Wildman–Crippen LogP) is 0.366. The molecule has 0 spiro atoms. The number of carboxylic acids is 1. The molecule has 25 heavy (non-hydrogen) atoms. The Bertz CT molecular complexity index is 562. The van der Waals surface area contributed by atoms with Crippen LogP contribution in [0.5, 0.6) is 0 Å². The number of hydrogen-bond acceptors (Lipinski definition) is 7. The first-order chi connectivity index (χ1) is 11.5. The zero-order chi connectivity index (χ0) is 18.5. The highest BCUT2D eigenvalue weighted by molar-refractivity contribution is 5.80. The zero-order valence-corrected chi connectivity index (χ0v) is 14.9. The van der Waals surface area contributed by atoms with Crippen molar-refractivity contribution < 1.29 is 38.4 Å². The van der Waals surface area contributed by atoms with Crippen LogP contribution in [0, 0.1) is 0 Å². The normalized spacial score (nSPS) is 38.0. The lowest BCUT2D eigenvalue weighted by atomic mass is 9.97. The lowest BCUT2D eigenvalue weighted by Crippen LogP contribution is -2.62. The third-order valence-electron chi connectivity index (χ3n) is 4.37. The molecule has 0 unspecified atom stereocenters. The number of nitrogens with one attached hydrogen (secondary N) is 1. The molecule has 3 saturated heterocycles. The summed E-state index contributed by atoms with van der Waals surface area (Å²) in [4.78, 5) is 22.5. The van der Waals surface area contributed by atoms with Gasteiger partial charge in [-0.2, -0.15) is 0 Å². The summed E-state index contributed by atoms with van der Waals surface area (Å²) >= 11 is 0. The molecule has 3 aliphatic rings. The average Bonchev–Trinajstić information content (AvgIpc) is 2.94. The number of ether oxygens (including phenoxy) is 5. The number of fused-ring (bicyclic) bond motifs is 3. The van der Waals surface area contributed by atoms with Gasteiger partial charge >= 0.3 is 5.97 Å². The summed E-state index contributed by atoms with van der Waals surface area (Å²) in [6, 6.07) is 0. The second kappa shape index (κ2) is 6.17. The first-order valence-corrected chi connectivity index (χ1v) is 8.38. The van der Waals surface area contributed by atoms with E-state index >= 15 is 0 Å². The standard InChI is InChI=1S/C16H25NO8/c1-14(2)22-9-7-21-16(8-17-10(18)5-6-11(19)20)13(12(9)23-14)24-15(3,4)25-16/h9,12-13H,5-8H2,1-4H3,(H,17,18)(H,19,20)/t9-,12-,13+,16+/m1/s1. The Labute approximate surface area is 145 Å². The van der Waals surface area contributed by atoms with Gasteiger partial charge in [-0.05, 0) is 27.7 Å². The monoisotopic (exact) mass is 359 g/mol. The van der Waals surface area contributed by atoms with Crippen molar-refractivity contribution in [3.05, 3.63) is 0 Å². The SMILES string of the molecule is CC1(C)O[C@@H]2[C@@H](CO[C@@]3(CNC(=O)CCC(=O)O)OC(C)(C)O[C@@H]23)O1. The van der Waals surface area contributed by atoms with Crippen molar-refractivity contribution in [2.45, 2.75) is 76.2 Å². The van der Waals surface area contributed by atoms with Gasteiger partial charge in [0, 0.05) is 6.42 Å². The molecule has 0 aromatic heterocycles. The largest absolute Gasteiger partial charge is 0.481 e. The van der Waals surface area contributed by atoms with Crippen LogP contribution in [0.3, 0.4) is 0 Å². The topological polar surface area (TPSA) is 113 Å². The second-order valence-corrected chi connectivity index (χ2v) is 7.47. The molecular formula is C16H25NO8. The summed E-state index contributed by atoms with van der Waals surface area (Å²) in [5, 5.41) is 11.3. The van der Waals surface area contributed by atoms with Crippen molar-refractivity contribution in [1.29, 1.82) is 0 Å². The number of carboxylic acid groups (broad SMARTS) is 1. The van der Waals surface area contributed by atoms with Gasteiger partial charge in [-0.25, -0.2) is 0 Å². The van der Waals surface area contributed by atoms with Crippen molar-refractivity contribution in [3.63, 3.8) is 0 Å². The van der Waals surface area contributed by atoms with Gasteiger partial charge in [0.1, 0.15) is 18.3 Å². The maximum Gasteiger partial charge on any atom is 0.303 e. The minimum absolute atomic E-state index is 0.0343. The van der Waals surface area contributed by atoms with Crippen LogP contribution in [0.1, 0.15) is 40.5 Å². The van der Waals surface area contributed by atoms with E-state index in [0.717, 1.165) is 0 Å². The van der Waals surface area contributed by atoms with E-state index in [2.05, 4.69) is 5.32 Å². The number of rotatable bonds is 5. The molecule has 0 aromatic rings. The molecule has 3 fully saturated rings. The van der Waals surface area contributed by atoms with E-state index in [0.29, 0.717) is 0 Å². The van der Waals surface area contributed by atoms with Gasteiger partial charge in [0.25, 0.3) is 0 Å². The summed E-state index contributed by atoms with van der Waals surface area (Å²) in [6.07, 6.45) is -1.60. The first kappa shape index (κ1) is 18.5. The average molecular weight is 359 g/mol. The Balaban J connectivity index is 1.71. The van der Waals surface area contributed by atoms with Gasteiger partial charge in [0.2, 0.25) is 11.7 Å². The molecule has 0 aliphatic carbocycles. The van der Waals surface area contributed by atoms with E-state index < -0.39 is 35.3 Å². The first-order valence-electron chi connectivity index (χ1n) is 8.38. The molecule has 1 amide bonds. The Morgan fingerprint density at radius 2 is 1.80 bits per heavy atom. The summed E-state index contributed by atoms with van der Waals surface area (Å²) in [5.41, 5.74) is 0. The van der Waals surface area contributed by atoms with Crippen LogP contribution >= 0.6 is 0 Å². The molecule has 3 aliphatic heterocycles. The fourth-order valence-corrected chi connectivity index (χ4v) is 3.51. The van der Waals surface area contributed by atoms with Crippen LogP contribution in [0.2, 0.25) is 0 Å². The van der Waals surface area contributed by atoms with E-state index in [-0.39, 0.29) is 38.2 Å². The molecule has 0 saturated carbocycles. The zero-order valence-electron chi connectivity index (χ0n) is 14.9. The third kappa shape index (κ3) is 3.80. The van der Waals surface area contributed by atoms with Gasteiger partial charge < -0.3 is 34.1 Å². The van der Waals surface area contributed by atoms with E-state index in [9.17, 15) is 9.59 Å². The van der Waals surface area contributed by atoms with Crippen molar-refractivity contribution >= 4 is 11.9 Å². The summed E-state index contributed by atoms with van der Waals surface area (Å²) in [5.74, 6) is -4.29. The lowest BCUT2D eigenvalue weighted by molar-refractivity contribution is -0.277. The van der Waals surface area contributed by atoms with Crippen LogP contribution < -0.4 is 5.32 Å². The van der Waals surface area contributed by atoms with Gasteiger partial charge in [-0.1, -0.05) is 0 Å². The van der Waals surface area contributed by atoms with Gasteiger partial charge in [0.15, 0.2) is 11.6 Å². The molecule has 142 valence electrons. The Kier molecular flexibility index (Phi) is 4.57. The molecular weight excluding hydrogens is 334 g/mol. The molecule has 0 aromatic carbocycles. The highest BCUT2D eigenvalue weighted by atomic mass is 16.9. The number of amides is 1. The fourth-order valence-electron chi connectivity index (χ4n) is 3.51. The molecule has 3 heterocycles. The quantitative estimate of drug-likeness (QED) is 0.724. The predicted molar refractivity (Wildman–Crippen MR) is 82.4 cm³/mol. The Hall–Kier alpha value is -1.26. The van der Waals surface area contributed by atoms with Crippen LogP contribution in [0.25, 0.3) is 0 Å². The summed E-state index contributed by atoms with van der Waals surface area (Å²) in [6.45, 7) is 7.45. The highest BCUT2D eigenvalue weighted by Crippen LogP contribution is 2.47. The molecule has 4 atom stereocenters. The van der Waals surface area contributed by atoms with Crippen LogP contribution in [0.4, 0.5) is 0 Å². The molecule has 0 radical (unpaired) electrons. The smallest absolute Gasteiger partial charge is 0.303 e. The third-order valence-corrected chi connectivity index (χ3v) is 4.37. The van der Waals surface area contributed by atoms with Crippen LogP contribution in [0.15, 0.2) is 0 Å². The minimum Gasteiger partial charge on any atom is -0.481 e. The van der Waals surface area contributed by atoms with E-state index in [1.807, 2.05) is 13.8 Å². The number of aliphatic carboxylic acids is 1. The maximum absolute atomic E-state index is 11.9. The van der Waals surface area contributed by atoms with Gasteiger partial charge in [0.05, 0.1) is 19.6 Å². The van der Waals surface area contributed by atoms with Crippen molar-refractivity contribution in [2.24, 2.45) is 0 Å². The molecule has 2 N–H and O–H groups in total. The number of carbonyl (C=O) groups is 2. The summed E-state index contributed by atoms with van der Waals surface area (Å²) in [7, 11) is 0. The van der Waals surface area contributed by atoms with Gasteiger partial charge in [-0.15, -0.1) is 0 Å². The van der Waals surface area contributed by atoms with Crippen molar-refractivity contribution in [2.75, 3.05) is 13.2 Å². The van der Waals surface area contributed by atoms with Gasteiger partial charge in [-0.3, -0.25) is 9.59 Å². The number of hydrogen-bond donors (Lipinski definition) is 2. The second-order valence-electron chi connectivity index (χ2n) is 7.47. The molecule has 0 bridgehead atoms. The molecule has 3 rings (SSSR count). The van der Waals surface area contributed by atoms with E-state index in [1.54, 1.807) is 13.8 Å². The maximum atomic E-state index is 11.9.